The average molecular weight is 442 g/mol. The quantitative estimate of drug-likeness (QED) is 0.721. The second-order valence-electron chi connectivity index (χ2n) is 6.88. The number of rotatable bonds is 2. The van der Waals surface area contributed by atoms with Crippen molar-refractivity contribution >= 4 is 48.8 Å². The number of hydrogen-bond donors (Lipinski definition) is 2. The molecule has 0 bridgehead atoms. The lowest BCUT2D eigenvalue weighted by Crippen LogP contribution is -2.33. The zero-order chi connectivity index (χ0) is 16.1. The van der Waals surface area contributed by atoms with Crippen molar-refractivity contribution in [1.29, 1.82) is 0 Å². The second kappa shape index (κ2) is 6.05. The number of hydrogen-bond acceptors (Lipinski definition) is 3. The van der Waals surface area contributed by atoms with Gasteiger partial charge in [-0.25, -0.2) is 4.98 Å². The van der Waals surface area contributed by atoms with E-state index in [2.05, 4.69) is 48.7 Å². The highest BCUT2D eigenvalue weighted by Crippen LogP contribution is 2.41. The fraction of sp³-hybridized carbons (Fsp3) is 0.588. The third kappa shape index (κ3) is 2.63. The fourth-order valence-electron chi connectivity index (χ4n) is 3.94. The molecule has 1 aromatic heterocycles. The highest BCUT2D eigenvalue weighted by molar-refractivity contribution is 9.13. The topological polar surface area (TPSA) is 55.9 Å². The predicted octanol–water partition coefficient (Wildman–Crippen LogP) is 4.50. The zero-order valence-corrected chi connectivity index (χ0v) is 16.5. The molecule has 4 rings (SSSR count). The van der Waals surface area contributed by atoms with Crippen molar-refractivity contribution in [1.82, 2.24) is 9.55 Å². The van der Waals surface area contributed by atoms with Gasteiger partial charge in [-0.2, -0.15) is 0 Å². The Bertz CT molecular complexity index is 760. The van der Waals surface area contributed by atoms with Crippen LogP contribution in [0.25, 0.3) is 11.0 Å². The highest BCUT2D eigenvalue weighted by Gasteiger charge is 2.26. The van der Waals surface area contributed by atoms with Crippen molar-refractivity contribution in [3.05, 3.63) is 20.1 Å². The monoisotopic (exact) mass is 440 g/mol. The SMILES string of the molecule is Cc1c(Br)c(Br)c2c3c1nc(N[C@H]1CC[C@H](N)CC1)n3CCC2. The molecule has 0 saturated heterocycles. The minimum Gasteiger partial charge on any atom is -0.353 e. The normalized spacial score (nSPS) is 24.2. The number of halogens is 2. The molecule has 0 atom stereocenters. The molecular weight excluding hydrogens is 420 g/mol. The lowest BCUT2D eigenvalue weighted by atomic mass is 9.92. The first kappa shape index (κ1) is 15.9. The molecule has 1 aliphatic heterocycles. The molecule has 1 saturated carbocycles. The first-order valence-electron chi connectivity index (χ1n) is 8.45. The number of anilines is 1. The maximum Gasteiger partial charge on any atom is 0.204 e. The number of aryl methyl sites for hydroxylation is 3. The Hall–Kier alpha value is -0.590. The first-order chi connectivity index (χ1) is 11.1. The van der Waals surface area contributed by atoms with Gasteiger partial charge < -0.3 is 15.6 Å². The number of nitrogens with two attached hydrogens (primary N) is 1. The lowest BCUT2D eigenvalue weighted by Gasteiger charge is -2.28. The van der Waals surface area contributed by atoms with Crippen LogP contribution < -0.4 is 11.1 Å². The largest absolute Gasteiger partial charge is 0.353 e. The minimum absolute atomic E-state index is 0.381. The summed E-state index contributed by atoms with van der Waals surface area (Å²) in [6.07, 6.45) is 6.78. The van der Waals surface area contributed by atoms with Gasteiger partial charge in [0.05, 0.1) is 11.0 Å². The second-order valence-corrected chi connectivity index (χ2v) is 8.46. The van der Waals surface area contributed by atoms with Gasteiger partial charge in [0.2, 0.25) is 5.95 Å². The van der Waals surface area contributed by atoms with Crippen molar-refractivity contribution in [3.8, 4) is 0 Å². The molecular formula is C17H22Br2N4. The molecule has 1 aliphatic carbocycles. The Labute approximate surface area is 153 Å². The maximum absolute atomic E-state index is 6.03. The van der Waals surface area contributed by atoms with Gasteiger partial charge in [0.1, 0.15) is 0 Å². The first-order valence-corrected chi connectivity index (χ1v) is 10.0. The van der Waals surface area contributed by atoms with Crippen molar-refractivity contribution in [2.24, 2.45) is 5.73 Å². The standard InChI is InChI=1S/C17H22Br2N4/c1-9-13(18)14(19)12-3-2-8-23-16(12)15(9)22-17(23)21-11-6-4-10(20)5-7-11/h10-11H,2-8,20H2,1H3,(H,21,22)/t10-,11-. The summed E-state index contributed by atoms with van der Waals surface area (Å²) in [6.45, 7) is 3.19. The van der Waals surface area contributed by atoms with Crippen LogP contribution in [-0.4, -0.2) is 21.6 Å². The van der Waals surface area contributed by atoms with Gasteiger partial charge in [-0.3, -0.25) is 0 Å². The van der Waals surface area contributed by atoms with Crippen molar-refractivity contribution in [2.75, 3.05) is 5.32 Å². The summed E-state index contributed by atoms with van der Waals surface area (Å²) in [4.78, 5) is 4.97. The van der Waals surface area contributed by atoms with Gasteiger partial charge in [0.15, 0.2) is 0 Å². The summed E-state index contributed by atoms with van der Waals surface area (Å²) in [5.74, 6) is 1.04. The van der Waals surface area contributed by atoms with Crippen LogP contribution in [0.15, 0.2) is 8.95 Å². The van der Waals surface area contributed by atoms with Gasteiger partial charge in [-0.05, 0) is 88.4 Å². The van der Waals surface area contributed by atoms with E-state index >= 15 is 0 Å². The molecule has 0 radical (unpaired) electrons. The van der Waals surface area contributed by atoms with Crippen molar-refractivity contribution < 1.29 is 0 Å². The van der Waals surface area contributed by atoms with Crippen LogP contribution >= 0.6 is 31.9 Å². The van der Waals surface area contributed by atoms with Crippen LogP contribution in [0.5, 0.6) is 0 Å². The van der Waals surface area contributed by atoms with E-state index in [1.165, 1.54) is 21.1 Å². The molecule has 6 heteroatoms. The van der Waals surface area contributed by atoms with E-state index in [1.807, 2.05) is 0 Å². The van der Waals surface area contributed by atoms with Gasteiger partial charge in [-0.15, -0.1) is 0 Å². The van der Waals surface area contributed by atoms with Gasteiger partial charge in [0, 0.05) is 27.6 Å². The molecule has 2 aromatic rings. The van der Waals surface area contributed by atoms with Crippen LogP contribution in [0, 0.1) is 6.92 Å². The maximum atomic E-state index is 6.03. The van der Waals surface area contributed by atoms with Gasteiger partial charge in [0.25, 0.3) is 0 Å². The van der Waals surface area contributed by atoms with E-state index in [1.54, 1.807) is 0 Å². The Balaban J connectivity index is 1.77. The van der Waals surface area contributed by atoms with E-state index in [9.17, 15) is 0 Å². The van der Waals surface area contributed by atoms with E-state index in [0.717, 1.165) is 61.0 Å². The van der Waals surface area contributed by atoms with Crippen LogP contribution in [0.1, 0.15) is 43.2 Å². The van der Waals surface area contributed by atoms with Crippen LogP contribution in [0.4, 0.5) is 5.95 Å². The third-order valence-corrected chi connectivity index (χ3v) is 7.71. The molecule has 1 aromatic carbocycles. The van der Waals surface area contributed by atoms with Crippen molar-refractivity contribution in [2.45, 2.75) is 64.1 Å². The van der Waals surface area contributed by atoms with Gasteiger partial charge >= 0.3 is 0 Å². The molecule has 124 valence electrons. The number of nitrogens with one attached hydrogen (secondary N) is 1. The number of aromatic nitrogens is 2. The molecule has 0 amide bonds. The molecule has 4 nitrogen and oxygen atoms in total. The van der Waals surface area contributed by atoms with E-state index < -0.39 is 0 Å². The van der Waals surface area contributed by atoms with E-state index in [-0.39, 0.29) is 0 Å². The summed E-state index contributed by atoms with van der Waals surface area (Å²) in [5.41, 5.74) is 11.1. The van der Waals surface area contributed by atoms with Crippen LogP contribution in [-0.2, 0) is 13.0 Å². The van der Waals surface area contributed by atoms with E-state index in [4.69, 9.17) is 10.7 Å². The summed E-state index contributed by atoms with van der Waals surface area (Å²) >= 11 is 7.50. The minimum atomic E-state index is 0.381. The van der Waals surface area contributed by atoms with Crippen molar-refractivity contribution in [3.63, 3.8) is 0 Å². The van der Waals surface area contributed by atoms with Crippen LogP contribution in [0.3, 0.4) is 0 Å². The molecule has 0 spiro atoms. The third-order valence-electron chi connectivity index (χ3n) is 5.31. The summed E-state index contributed by atoms with van der Waals surface area (Å²) in [5, 5.41) is 3.70. The smallest absolute Gasteiger partial charge is 0.204 e. The Kier molecular flexibility index (Phi) is 4.18. The number of benzene rings is 1. The van der Waals surface area contributed by atoms with E-state index in [0.29, 0.717) is 12.1 Å². The summed E-state index contributed by atoms with van der Waals surface area (Å²) in [6, 6.07) is 0.881. The lowest BCUT2D eigenvalue weighted by molar-refractivity contribution is 0.408. The molecule has 0 unspecified atom stereocenters. The Morgan fingerprint density at radius 1 is 1.17 bits per heavy atom. The average Bonchev–Trinajstić information content (AvgIpc) is 2.93. The summed E-state index contributed by atoms with van der Waals surface area (Å²) < 4.78 is 4.72. The number of imidazole rings is 1. The van der Waals surface area contributed by atoms with Crippen LogP contribution in [0.2, 0.25) is 0 Å². The molecule has 1 fully saturated rings. The number of nitrogens with zero attached hydrogens (tertiary/aromatic N) is 2. The molecule has 2 heterocycles. The molecule has 2 aliphatic rings. The molecule has 23 heavy (non-hydrogen) atoms. The Morgan fingerprint density at radius 2 is 1.91 bits per heavy atom. The Morgan fingerprint density at radius 3 is 2.65 bits per heavy atom. The van der Waals surface area contributed by atoms with Gasteiger partial charge in [-0.1, -0.05) is 0 Å². The zero-order valence-electron chi connectivity index (χ0n) is 13.3. The molecule has 3 N–H and O–H groups in total. The summed E-state index contributed by atoms with van der Waals surface area (Å²) in [7, 11) is 0. The highest BCUT2D eigenvalue weighted by atomic mass is 79.9. The fourth-order valence-corrected chi connectivity index (χ4v) is 5.05. The predicted molar refractivity (Wildman–Crippen MR) is 102 cm³/mol.